The molecule has 2 aromatic rings. The lowest BCUT2D eigenvalue weighted by Gasteiger charge is -2.21. The molecule has 0 amide bonds. The Kier molecular flexibility index (Phi) is 4.96. The normalized spacial score (nSPS) is 12.4. The molecule has 2 rings (SSSR count). The number of benzene rings is 2. The van der Waals surface area contributed by atoms with Crippen LogP contribution in [-0.4, -0.2) is 6.54 Å². The van der Waals surface area contributed by atoms with E-state index in [0.717, 1.165) is 24.6 Å². The van der Waals surface area contributed by atoms with Gasteiger partial charge in [-0.3, -0.25) is 0 Å². The van der Waals surface area contributed by atoms with Crippen LogP contribution in [0.4, 0.5) is 17.6 Å². The molecule has 1 unspecified atom stereocenters. The van der Waals surface area contributed by atoms with Crippen LogP contribution in [0.2, 0.25) is 0 Å². The molecule has 0 saturated carbocycles. The van der Waals surface area contributed by atoms with E-state index in [2.05, 4.69) is 5.32 Å². The summed E-state index contributed by atoms with van der Waals surface area (Å²) < 4.78 is 54.3. The average molecular weight is 297 g/mol. The number of hydrogen-bond acceptors (Lipinski definition) is 1. The van der Waals surface area contributed by atoms with E-state index in [0.29, 0.717) is 6.54 Å². The molecule has 2 aromatic carbocycles. The Bertz CT molecular complexity index is 628. The fraction of sp³-hybridized carbons (Fsp3) is 0.250. The van der Waals surface area contributed by atoms with Gasteiger partial charge in [0.2, 0.25) is 0 Å². The maximum atomic E-state index is 14.0. The minimum Gasteiger partial charge on any atom is -0.306 e. The quantitative estimate of drug-likeness (QED) is 0.810. The first-order valence-corrected chi connectivity index (χ1v) is 6.66. The summed E-state index contributed by atoms with van der Waals surface area (Å²) in [6.07, 6.45) is 0.732. The second-order valence-corrected chi connectivity index (χ2v) is 4.70. The van der Waals surface area contributed by atoms with Gasteiger partial charge in [0, 0.05) is 17.2 Å². The van der Waals surface area contributed by atoms with Crippen molar-refractivity contribution < 1.29 is 17.6 Å². The van der Waals surface area contributed by atoms with Crippen LogP contribution in [0.3, 0.4) is 0 Å². The highest BCUT2D eigenvalue weighted by Gasteiger charge is 2.22. The lowest BCUT2D eigenvalue weighted by Crippen LogP contribution is -2.25. The molecule has 0 fully saturated rings. The number of nitrogens with one attached hydrogen (secondary N) is 1. The van der Waals surface area contributed by atoms with Crippen molar-refractivity contribution >= 4 is 0 Å². The Hall–Kier alpha value is -1.88. The van der Waals surface area contributed by atoms with Gasteiger partial charge in [-0.05, 0) is 25.1 Å². The van der Waals surface area contributed by atoms with Crippen LogP contribution >= 0.6 is 0 Å². The molecule has 0 spiro atoms. The van der Waals surface area contributed by atoms with Crippen LogP contribution < -0.4 is 5.32 Å². The third kappa shape index (κ3) is 3.42. The standard InChI is InChI=1S/C16H15F4N/c1-2-8-21-16(11-7-6-10(17)9-14(11)19)12-4-3-5-13(18)15(12)20/h3-7,9,16,21H,2,8H2,1H3. The Balaban J connectivity index is 2.49. The molecule has 0 bridgehead atoms. The largest absolute Gasteiger partial charge is 0.306 e. The van der Waals surface area contributed by atoms with Crippen molar-refractivity contribution in [3.8, 4) is 0 Å². The lowest BCUT2D eigenvalue weighted by atomic mass is 9.97. The van der Waals surface area contributed by atoms with Crippen molar-refractivity contribution in [2.75, 3.05) is 6.54 Å². The number of rotatable bonds is 5. The highest BCUT2D eigenvalue weighted by atomic mass is 19.2. The topological polar surface area (TPSA) is 12.0 Å². The van der Waals surface area contributed by atoms with Crippen LogP contribution in [0, 0.1) is 23.3 Å². The fourth-order valence-corrected chi connectivity index (χ4v) is 2.16. The van der Waals surface area contributed by atoms with E-state index in [4.69, 9.17) is 0 Å². The predicted molar refractivity (Wildman–Crippen MR) is 72.9 cm³/mol. The van der Waals surface area contributed by atoms with E-state index in [1.54, 1.807) is 0 Å². The van der Waals surface area contributed by atoms with Crippen LogP contribution in [0.5, 0.6) is 0 Å². The van der Waals surface area contributed by atoms with Crippen molar-refractivity contribution in [2.45, 2.75) is 19.4 Å². The van der Waals surface area contributed by atoms with Gasteiger partial charge in [0.05, 0.1) is 6.04 Å². The molecular formula is C16H15F4N. The minimum absolute atomic E-state index is 0.00559. The van der Waals surface area contributed by atoms with E-state index < -0.39 is 29.3 Å². The molecule has 0 heterocycles. The average Bonchev–Trinajstić information content (AvgIpc) is 2.45. The summed E-state index contributed by atoms with van der Waals surface area (Å²) in [5.74, 6) is -3.55. The van der Waals surface area contributed by atoms with Gasteiger partial charge in [0.1, 0.15) is 11.6 Å². The van der Waals surface area contributed by atoms with Gasteiger partial charge in [-0.15, -0.1) is 0 Å². The summed E-state index contributed by atoms with van der Waals surface area (Å²) in [5, 5.41) is 2.96. The second kappa shape index (κ2) is 6.72. The Morgan fingerprint density at radius 2 is 1.71 bits per heavy atom. The summed E-state index contributed by atoms with van der Waals surface area (Å²) in [6, 6.07) is 5.92. The van der Waals surface area contributed by atoms with Gasteiger partial charge in [0.25, 0.3) is 0 Å². The van der Waals surface area contributed by atoms with Crippen molar-refractivity contribution in [3.63, 3.8) is 0 Å². The SMILES string of the molecule is CCCNC(c1ccc(F)cc1F)c1cccc(F)c1F. The van der Waals surface area contributed by atoms with E-state index in [-0.39, 0.29) is 11.1 Å². The molecule has 0 aliphatic carbocycles. The summed E-state index contributed by atoms with van der Waals surface area (Å²) in [6.45, 7) is 2.38. The van der Waals surface area contributed by atoms with Crippen LogP contribution in [0.25, 0.3) is 0 Å². The molecular weight excluding hydrogens is 282 g/mol. The monoisotopic (exact) mass is 297 g/mol. The third-order valence-corrected chi connectivity index (χ3v) is 3.16. The summed E-state index contributed by atoms with van der Waals surface area (Å²) in [5.41, 5.74) is 0.0725. The third-order valence-electron chi connectivity index (χ3n) is 3.16. The first kappa shape index (κ1) is 15.5. The highest BCUT2D eigenvalue weighted by Crippen LogP contribution is 2.28. The van der Waals surface area contributed by atoms with E-state index in [1.807, 2.05) is 6.92 Å². The van der Waals surface area contributed by atoms with Crippen LogP contribution in [0.1, 0.15) is 30.5 Å². The Labute approximate surface area is 120 Å². The molecule has 0 saturated heterocycles. The van der Waals surface area contributed by atoms with E-state index in [1.165, 1.54) is 18.2 Å². The second-order valence-electron chi connectivity index (χ2n) is 4.70. The zero-order chi connectivity index (χ0) is 15.4. The first-order chi connectivity index (χ1) is 10.0. The molecule has 1 atom stereocenters. The number of halogens is 4. The molecule has 0 aliphatic rings. The van der Waals surface area contributed by atoms with E-state index >= 15 is 0 Å². The summed E-state index contributed by atoms with van der Waals surface area (Å²) in [4.78, 5) is 0. The van der Waals surface area contributed by atoms with Gasteiger partial charge in [-0.1, -0.05) is 25.1 Å². The van der Waals surface area contributed by atoms with Gasteiger partial charge < -0.3 is 5.32 Å². The maximum absolute atomic E-state index is 14.0. The predicted octanol–water partition coefficient (Wildman–Crippen LogP) is 4.33. The summed E-state index contributed by atoms with van der Waals surface area (Å²) in [7, 11) is 0. The molecule has 1 nitrogen and oxygen atoms in total. The molecule has 0 aromatic heterocycles. The van der Waals surface area contributed by atoms with Gasteiger partial charge in [0.15, 0.2) is 11.6 Å². The van der Waals surface area contributed by atoms with E-state index in [9.17, 15) is 17.6 Å². The Morgan fingerprint density at radius 1 is 0.952 bits per heavy atom. The number of hydrogen-bond donors (Lipinski definition) is 1. The van der Waals surface area contributed by atoms with Crippen molar-refractivity contribution in [2.24, 2.45) is 0 Å². The lowest BCUT2D eigenvalue weighted by molar-refractivity contribution is 0.472. The fourth-order valence-electron chi connectivity index (χ4n) is 2.16. The van der Waals surface area contributed by atoms with Crippen molar-refractivity contribution in [1.82, 2.24) is 5.32 Å². The molecule has 0 radical (unpaired) electrons. The maximum Gasteiger partial charge on any atom is 0.163 e. The molecule has 5 heteroatoms. The molecule has 21 heavy (non-hydrogen) atoms. The first-order valence-electron chi connectivity index (χ1n) is 6.66. The molecule has 0 aliphatic heterocycles. The zero-order valence-corrected chi connectivity index (χ0v) is 11.5. The highest BCUT2D eigenvalue weighted by molar-refractivity contribution is 5.34. The summed E-state index contributed by atoms with van der Waals surface area (Å²) >= 11 is 0. The molecule has 112 valence electrons. The van der Waals surface area contributed by atoms with Gasteiger partial charge in [-0.2, -0.15) is 0 Å². The van der Waals surface area contributed by atoms with Crippen LogP contribution in [-0.2, 0) is 0 Å². The van der Waals surface area contributed by atoms with Gasteiger partial charge >= 0.3 is 0 Å². The smallest absolute Gasteiger partial charge is 0.163 e. The Morgan fingerprint density at radius 3 is 2.38 bits per heavy atom. The molecule has 1 N–H and O–H groups in total. The van der Waals surface area contributed by atoms with Crippen molar-refractivity contribution in [3.05, 3.63) is 70.8 Å². The van der Waals surface area contributed by atoms with Crippen LogP contribution in [0.15, 0.2) is 36.4 Å². The van der Waals surface area contributed by atoms with Crippen molar-refractivity contribution in [1.29, 1.82) is 0 Å². The van der Waals surface area contributed by atoms with Gasteiger partial charge in [-0.25, -0.2) is 17.6 Å². The zero-order valence-electron chi connectivity index (χ0n) is 11.5. The minimum atomic E-state index is -1.03.